The van der Waals surface area contributed by atoms with Crippen molar-refractivity contribution in [3.63, 3.8) is 0 Å². The van der Waals surface area contributed by atoms with Crippen LogP contribution in [0.3, 0.4) is 0 Å². The van der Waals surface area contributed by atoms with E-state index in [2.05, 4.69) is 34.6 Å². The SMILES string of the molecule is CCC1(CCC(C)C(C)(C)C)CCC1. The Hall–Kier alpha value is 0. The molecule has 0 spiro atoms. The summed E-state index contributed by atoms with van der Waals surface area (Å²) in [6, 6.07) is 0. The normalized spacial score (nSPS) is 22.9. The van der Waals surface area contributed by atoms with E-state index in [9.17, 15) is 0 Å². The minimum Gasteiger partial charge on any atom is -0.0649 e. The van der Waals surface area contributed by atoms with Gasteiger partial charge in [-0.25, -0.2) is 0 Å². The highest BCUT2D eigenvalue weighted by Crippen LogP contribution is 2.48. The van der Waals surface area contributed by atoms with Crippen LogP contribution >= 0.6 is 0 Å². The van der Waals surface area contributed by atoms with E-state index in [0.717, 1.165) is 11.3 Å². The van der Waals surface area contributed by atoms with Gasteiger partial charge in [0.25, 0.3) is 0 Å². The summed E-state index contributed by atoms with van der Waals surface area (Å²) >= 11 is 0. The lowest BCUT2D eigenvalue weighted by molar-refractivity contribution is 0.0905. The van der Waals surface area contributed by atoms with E-state index < -0.39 is 0 Å². The van der Waals surface area contributed by atoms with E-state index in [4.69, 9.17) is 0 Å². The molecule has 1 unspecified atom stereocenters. The minimum atomic E-state index is 0.499. The lowest BCUT2D eigenvalue weighted by Gasteiger charge is -2.43. The molecule has 0 aromatic heterocycles. The van der Waals surface area contributed by atoms with Crippen molar-refractivity contribution in [3.05, 3.63) is 0 Å². The first-order valence-electron chi connectivity index (χ1n) is 6.40. The molecule has 0 heterocycles. The minimum absolute atomic E-state index is 0.499. The first-order chi connectivity index (χ1) is 6.40. The van der Waals surface area contributed by atoms with Crippen LogP contribution in [-0.4, -0.2) is 0 Å². The van der Waals surface area contributed by atoms with Crippen LogP contribution in [0.15, 0.2) is 0 Å². The largest absolute Gasteiger partial charge is 0.0649 e. The quantitative estimate of drug-likeness (QED) is 0.591. The third-order valence-electron chi connectivity index (χ3n) is 4.75. The van der Waals surface area contributed by atoms with Crippen molar-refractivity contribution in [3.8, 4) is 0 Å². The van der Waals surface area contributed by atoms with Crippen molar-refractivity contribution >= 4 is 0 Å². The standard InChI is InChI=1S/C14H28/c1-6-14(9-7-10-14)11-8-12(2)13(3,4)5/h12H,6-11H2,1-5H3. The first kappa shape index (κ1) is 12.1. The summed E-state index contributed by atoms with van der Waals surface area (Å²) < 4.78 is 0. The molecule has 0 bridgehead atoms. The molecular formula is C14H28. The van der Waals surface area contributed by atoms with Crippen LogP contribution in [0, 0.1) is 16.7 Å². The second-order valence-electron chi connectivity index (χ2n) is 6.51. The summed E-state index contributed by atoms with van der Waals surface area (Å²) in [5.41, 5.74) is 1.26. The lowest BCUT2D eigenvalue weighted by Crippen LogP contribution is -2.30. The van der Waals surface area contributed by atoms with Crippen molar-refractivity contribution in [1.82, 2.24) is 0 Å². The Bertz CT molecular complexity index is 163. The predicted molar refractivity (Wildman–Crippen MR) is 64.4 cm³/mol. The van der Waals surface area contributed by atoms with E-state index in [1.807, 2.05) is 0 Å². The zero-order valence-electron chi connectivity index (χ0n) is 10.8. The highest BCUT2D eigenvalue weighted by atomic mass is 14.4. The van der Waals surface area contributed by atoms with Gasteiger partial charge in [-0.3, -0.25) is 0 Å². The molecule has 14 heavy (non-hydrogen) atoms. The van der Waals surface area contributed by atoms with Gasteiger partial charge in [0, 0.05) is 0 Å². The maximum atomic E-state index is 2.42. The Kier molecular flexibility index (Phi) is 3.66. The van der Waals surface area contributed by atoms with E-state index >= 15 is 0 Å². The van der Waals surface area contributed by atoms with Crippen LogP contribution in [0.2, 0.25) is 0 Å². The molecular weight excluding hydrogens is 168 g/mol. The number of hydrogen-bond acceptors (Lipinski definition) is 0. The van der Waals surface area contributed by atoms with Gasteiger partial charge in [0.05, 0.1) is 0 Å². The molecule has 1 aliphatic carbocycles. The van der Waals surface area contributed by atoms with Crippen molar-refractivity contribution in [2.24, 2.45) is 16.7 Å². The second kappa shape index (κ2) is 4.24. The molecule has 1 atom stereocenters. The molecule has 1 saturated carbocycles. The van der Waals surface area contributed by atoms with Crippen LogP contribution in [0.1, 0.15) is 73.1 Å². The Labute approximate surface area is 90.5 Å². The summed E-state index contributed by atoms with van der Waals surface area (Å²) in [6.07, 6.45) is 8.79. The Morgan fingerprint density at radius 1 is 1.21 bits per heavy atom. The van der Waals surface area contributed by atoms with Gasteiger partial charge >= 0.3 is 0 Å². The molecule has 0 N–H and O–H groups in total. The third-order valence-corrected chi connectivity index (χ3v) is 4.75. The van der Waals surface area contributed by atoms with Gasteiger partial charge in [-0.1, -0.05) is 47.5 Å². The molecule has 0 heteroatoms. The molecule has 0 aromatic carbocycles. The van der Waals surface area contributed by atoms with Gasteiger partial charge in [-0.2, -0.15) is 0 Å². The maximum absolute atomic E-state index is 2.42. The molecule has 84 valence electrons. The molecule has 0 aliphatic heterocycles. The average Bonchev–Trinajstić information content (AvgIpc) is 2.01. The number of rotatable bonds is 4. The van der Waals surface area contributed by atoms with Crippen LogP contribution in [0.25, 0.3) is 0 Å². The van der Waals surface area contributed by atoms with Gasteiger partial charge in [-0.15, -0.1) is 0 Å². The summed E-state index contributed by atoms with van der Waals surface area (Å²) in [7, 11) is 0. The molecule has 1 rings (SSSR count). The van der Waals surface area contributed by atoms with Crippen molar-refractivity contribution in [2.75, 3.05) is 0 Å². The lowest BCUT2D eigenvalue weighted by atomic mass is 9.63. The molecule has 0 amide bonds. The highest BCUT2D eigenvalue weighted by Gasteiger charge is 2.35. The number of hydrogen-bond donors (Lipinski definition) is 0. The predicted octanol–water partition coefficient (Wildman–Crippen LogP) is 5.03. The molecule has 0 aromatic rings. The molecule has 0 nitrogen and oxygen atoms in total. The van der Waals surface area contributed by atoms with E-state index in [1.165, 1.54) is 38.5 Å². The van der Waals surface area contributed by atoms with Crippen LogP contribution in [-0.2, 0) is 0 Å². The summed E-state index contributed by atoms with van der Waals surface area (Å²) in [5.74, 6) is 0.867. The van der Waals surface area contributed by atoms with E-state index in [0.29, 0.717) is 5.41 Å². The molecule has 1 fully saturated rings. The maximum Gasteiger partial charge on any atom is -0.0300 e. The zero-order chi connectivity index (χ0) is 10.8. The molecule has 0 saturated heterocycles. The van der Waals surface area contributed by atoms with E-state index in [-0.39, 0.29) is 0 Å². The van der Waals surface area contributed by atoms with Crippen LogP contribution < -0.4 is 0 Å². The fraction of sp³-hybridized carbons (Fsp3) is 1.00. The van der Waals surface area contributed by atoms with Gasteiger partial charge in [0.1, 0.15) is 0 Å². The van der Waals surface area contributed by atoms with Crippen molar-refractivity contribution in [2.45, 2.75) is 73.1 Å². The summed E-state index contributed by atoms with van der Waals surface area (Å²) in [5, 5.41) is 0. The monoisotopic (exact) mass is 196 g/mol. The Morgan fingerprint density at radius 2 is 1.79 bits per heavy atom. The van der Waals surface area contributed by atoms with Gasteiger partial charge in [0.15, 0.2) is 0 Å². The van der Waals surface area contributed by atoms with Gasteiger partial charge < -0.3 is 0 Å². The van der Waals surface area contributed by atoms with Crippen LogP contribution in [0.4, 0.5) is 0 Å². The highest BCUT2D eigenvalue weighted by molar-refractivity contribution is 4.87. The van der Waals surface area contributed by atoms with Crippen LogP contribution in [0.5, 0.6) is 0 Å². The summed E-state index contributed by atoms with van der Waals surface area (Å²) in [4.78, 5) is 0. The zero-order valence-corrected chi connectivity index (χ0v) is 10.8. The average molecular weight is 196 g/mol. The second-order valence-corrected chi connectivity index (χ2v) is 6.51. The van der Waals surface area contributed by atoms with Gasteiger partial charge in [-0.05, 0) is 42.4 Å². The topological polar surface area (TPSA) is 0 Å². The third kappa shape index (κ3) is 2.74. The fourth-order valence-corrected chi connectivity index (χ4v) is 2.41. The van der Waals surface area contributed by atoms with Crippen molar-refractivity contribution < 1.29 is 0 Å². The molecule has 1 aliphatic rings. The van der Waals surface area contributed by atoms with Crippen molar-refractivity contribution in [1.29, 1.82) is 0 Å². The Morgan fingerprint density at radius 3 is 2.07 bits per heavy atom. The summed E-state index contributed by atoms with van der Waals surface area (Å²) in [6.45, 7) is 11.9. The molecule has 0 radical (unpaired) electrons. The Balaban J connectivity index is 2.32. The smallest absolute Gasteiger partial charge is 0.0300 e. The van der Waals surface area contributed by atoms with Gasteiger partial charge in [0.2, 0.25) is 0 Å². The fourth-order valence-electron chi connectivity index (χ4n) is 2.41. The first-order valence-corrected chi connectivity index (χ1v) is 6.40. The van der Waals surface area contributed by atoms with E-state index in [1.54, 1.807) is 0 Å².